The van der Waals surface area contributed by atoms with Crippen LogP contribution in [-0.2, 0) is 18.3 Å². The van der Waals surface area contributed by atoms with Crippen LogP contribution in [-0.4, -0.2) is 15.6 Å². The number of hydrogen-bond acceptors (Lipinski definition) is 2. The first-order valence-electron chi connectivity index (χ1n) is 3.89. The van der Waals surface area contributed by atoms with Gasteiger partial charge in [0.15, 0.2) is 0 Å². The number of aliphatic carboxylic acids is 1. The lowest BCUT2D eigenvalue weighted by Crippen LogP contribution is -2.24. The third-order valence-electron chi connectivity index (χ3n) is 1.98. The smallest absolute Gasteiger partial charge is 0.308 e. The van der Waals surface area contributed by atoms with Crippen molar-refractivity contribution in [3.05, 3.63) is 33.7 Å². The molecular weight excluding hydrogens is 170 g/mol. The first kappa shape index (κ1) is 9.51. The van der Waals surface area contributed by atoms with Crippen molar-refractivity contribution < 1.29 is 9.90 Å². The third kappa shape index (κ3) is 1.96. The quantitative estimate of drug-likeness (QED) is 0.714. The average molecular weight is 181 g/mol. The fraction of sp³-hybridized carbons (Fsp3) is 0.333. The number of carboxylic acids is 1. The van der Waals surface area contributed by atoms with E-state index in [0.29, 0.717) is 5.56 Å². The zero-order valence-corrected chi connectivity index (χ0v) is 7.57. The van der Waals surface area contributed by atoms with Gasteiger partial charge in [-0.3, -0.25) is 9.59 Å². The number of carboxylic acid groups (broad SMARTS) is 1. The molecule has 0 radical (unpaired) electrons. The van der Waals surface area contributed by atoms with E-state index in [2.05, 4.69) is 0 Å². The molecule has 4 nitrogen and oxygen atoms in total. The summed E-state index contributed by atoms with van der Waals surface area (Å²) in [6, 6.07) is 3.30. The van der Waals surface area contributed by atoms with E-state index in [0.717, 1.165) is 5.69 Å². The molecule has 0 atom stereocenters. The highest BCUT2D eigenvalue weighted by molar-refractivity contribution is 5.69. The molecule has 0 saturated carbocycles. The number of hydrogen-bond donors (Lipinski definition) is 1. The molecule has 1 aromatic heterocycles. The topological polar surface area (TPSA) is 59.3 Å². The molecule has 1 aromatic rings. The summed E-state index contributed by atoms with van der Waals surface area (Å²) in [5.41, 5.74) is 0.905. The molecule has 4 heteroatoms. The van der Waals surface area contributed by atoms with Crippen LogP contribution < -0.4 is 5.56 Å². The Kier molecular flexibility index (Phi) is 2.51. The van der Waals surface area contributed by atoms with Crippen molar-refractivity contribution in [3.63, 3.8) is 0 Å². The highest BCUT2D eigenvalue weighted by Gasteiger charge is 2.06. The summed E-state index contributed by atoms with van der Waals surface area (Å²) in [5.74, 6) is -0.985. The van der Waals surface area contributed by atoms with Crippen molar-refractivity contribution in [1.82, 2.24) is 4.57 Å². The van der Waals surface area contributed by atoms with Gasteiger partial charge in [0.05, 0.1) is 6.42 Å². The summed E-state index contributed by atoms with van der Waals surface area (Å²) < 4.78 is 1.44. The molecular formula is C9H11NO3. The van der Waals surface area contributed by atoms with Crippen LogP contribution in [0.1, 0.15) is 11.3 Å². The second-order valence-corrected chi connectivity index (χ2v) is 2.93. The van der Waals surface area contributed by atoms with Crippen LogP contribution in [0, 0.1) is 6.92 Å². The zero-order chi connectivity index (χ0) is 10.0. The number of rotatable bonds is 2. The van der Waals surface area contributed by atoms with E-state index < -0.39 is 5.97 Å². The Morgan fingerprint density at radius 2 is 2.15 bits per heavy atom. The molecule has 0 fully saturated rings. The molecule has 0 aliphatic heterocycles. The molecule has 0 aromatic carbocycles. The minimum absolute atomic E-state index is 0.215. The van der Waals surface area contributed by atoms with Gasteiger partial charge in [-0.2, -0.15) is 0 Å². The Bertz CT molecular complexity index is 392. The fourth-order valence-corrected chi connectivity index (χ4v) is 1.08. The summed E-state index contributed by atoms with van der Waals surface area (Å²) in [4.78, 5) is 21.8. The van der Waals surface area contributed by atoms with E-state index in [1.807, 2.05) is 0 Å². The van der Waals surface area contributed by atoms with Crippen LogP contribution >= 0.6 is 0 Å². The van der Waals surface area contributed by atoms with Gasteiger partial charge in [0, 0.05) is 18.3 Å². The number of carbonyl (C=O) groups is 1. The van der Waals surface area contributed by atoms with Crippen LogP contribution in [0.15, 0.2) is 16.9 Å². The molecule has 1 rings (SSSR count). The monoisotopic (exact) mass is 181 g/mol. The Labute approximate surface area is 75.4 Å². The number of aryl methyl sites for hydroxylation is 1. The van der Waals surface area contributed by atoms with Gasteiger partial charge in [-0.25, -0.2) is 0 Å². The van der Waals surface area contributed by atoms with Gasteiger partial charge in [0.1, 0.15) is 0 Å². The first-order chi connectivity index (χ1) is 6.02. The average Bonchev–Trinajstić information content (AvgIpc) is 2.06. The molecule has 1 N–H and O–H groups in total. The van der Waals surface area contributed by atoms with Gasteiger partial charge < -0.3 is 9.67 Å². The summed E-state index contributed by atoms with van der Waals surface area (Å²) in [6.07, 6.45) is -0.215. The Morgan fingerprint density at radius 1 is 1.54 bits per heavy atom. The predicted octanol–water partition coefficient (Wildman–Crippen LogP) is 0.321. The Hall–Kier alpha value is -1.58. The lowest BCUT2D eigenvalue weighted by molar-refractivity contribution is -0.136. The number of nitrogens with zero attached hydrogens (tertiary/aromatic N) is 1. The van der Waals surface area contributed by atoms with E-state index >= 15 is 0 Å². The molecule has 13 heavy (non-hydrogen) atoms. The molecule has 0 unspecified atom stereocenters. The van der Waals surface area contributed by atoms with Crippen LogP contribution in [0.25, 0.3) is 0 Å². The van der Waals surface area contributed by atoms with Gasteiger partial charge in [-0.15, -0.1) is 0 Å². The molecule has 0 spiro atoms. The van der Waals surface area contributed by atoms with Crippen molar-refractivity contribution in [2.24, 2.45) is 7.05 Å². The third-order valence-corrected chi connectivity index (χ3v) is 1.98. The van der Waals surface area contributed by atoms with Crippen molar-refractivity contribution in [2.45, 2.75) is 13.3 Å². The van der Waals surface area contributed by atoms with Crippen LogP contribution in [0.4, 0.5) is 0 Å². The molecule has 1 heterocycles. The second kappa shape index (κ2) is 3.43. The number of pyridine rings is 1. The maximum absolute atomic E-state index is 11.4. The molecule has 0 amide bonds. The van der Waals surface area contributed by atoms with Gasteiger partial charge in [0.25, 0.3) is 5.56 Å². The molecule has 0 aliphatic rings. The van der Waals surface area contributed by atoms with Crippen molar-refractivity contribution in [1.29, 1.82) is 0 Å². The van der Waals surface area contributed by atoms with E-state index in [1.165, 1.54) is 4.57 Å². The molecule has 0 saturated heterocycles. The maximum atomic E-state index is 11.4. The van der Waals surface area contributed by atoms with Gasteiger partial charge in [0.2, 0.25) is 0 Å². The van der Waals surface area contributed by atoms with Gasteiger partial charge in [-0.1, -0.05) is 6.07 Å². The zero-order valence-electron chi connectivity index (χ0n) is 7.57. The highest BCUT2D eigenvalue weighted by atomic mass is 16.4. The molecule has 0 bridgehead atoms. The van der Waals surface area contributed by atoms with Crippen molar-refractivity contribution in [3.8, 4) is 0 Å². The van der Waals surface area contributed by atoms with Crippen LogP contribution in [0.2, 0.25) is 0 Å². The van der Waals surface area contributed by atoms with E-state index in [4.69, 9.17) is 5.11 Å². The lowest BCUT2D eigenvalue weighted by atomic mass is 10.2. The summed E-state index contributed by atoms with van der Waals surface area (Å²) in [7, 11) is 1.63. The van der Waals surface area contributed by atoms with Gasteiger partial charge >= 0.3 is 5.97 Å². The normalized spacial score (nSPS) is 10.0. The molecule has 0 aliphatic carbocycles. The molecule has 70 valence electrons. The largest absolute Gasteiger partial charge is 0.481 e. The Balaban J connectivity index is 3.19. The van der Waals surface area contributed by atoms with E-state index in [1.54, 1.807) is 26.1 Å². The van der Waals surface area contributed by atoms with Crippen LogP contribution in [0.3, 0.4) is 0 Å². The van der Waals surface area contributed by atoms with Gasteiger partial charge in [-0.05, 0) is 13.0 Å². The lowest BCUT2D eigenvalue weighted by Gasteiger charge is -2.04. The standard InChI is InChI=1S/C9H11NO3/c1-6-3-4-7(5-8(11)12)9(13)10(6)2/h3-4H,5H2,1-2H3,(H,11,12). The Morgan fingerprint density at radius 3 is 2.69 bits per heavy atom. The first-order valence-corrected chi connectivity index (χ1v) is 3.89. The highest BCUT2D eigenvalue weighted by Crippen LogP contribution is 1.97. The van der Waals surface area contributed by atoms with E-state index in [-0.39, 0.29) is 12.0 Å². The summed E-state index contributed by atoms with van der Waals surface area (Å²) in [6.45, 7) is 1.80. The SMILES string of the molecule is Cc1ccc(CC(=O)O)c(=O)n1C. The summed E-state index contributed by atoms with van der Waals surface area (Å²) >= 11 is 0. The summed E-state index contributed by atoms with van der Waals surface area (Å²) in [5, 5.41) is 8.50. The maximum Gasteiger partial charge on any atom is 0.308 e. The van der Waals surface area contributed by atoms with Crippen molar-refractivity contribution >= 4 is 5.97 Å². The second-order valence-electron chi connectivity index (χ2n) is 2.93. The minimum atomic E-state index is -0.985. The minimum Gasteiger partial charge on any atom is -0.481 e. The van der Waals surface area contributed by atoms with Crippen molar-refractivity contribution in [2.75, 3.05) is 0 Å². The van der Waals surface area contributed by atoms with E-state index in [9.17, 15) is 9.59 Å². The fourth-order valence-electron chi connectivity index (χ4n) is 1.08. The number of aromatic nitrogens is 1. The van der Waals surface area contributed by atoms with Crippen LogP contribution in [0.5, 0.6) is 0 Å². The predicted molar refractivity (Wildman–Crippen MR) is 47.8 cm³/mol.